The van der Waals surface area contributed by atoms with Gasteiger partial charge in [-0.3, -0.25) is 9.59 Å². The van der Waals surface area contributed by atoms with Crippen LogP contribution >= 0.6 is 11.6 Å². The zero-order chi connectivity index (χ0) is 31.0. The molecule has 42 heavy (non-hydrogen) atoms. The quantitative estimate of drug-likeness (QED) is 0.355. The van der Waals surface area contributed by atoms with Crippen LogP contribution in [-0.4, -0.2) is 66.0 Å². The van der Waals surface area contributed by atoms with Crippen molar-refractivity contribution in [3.8, 4) is 0 Å². The summed E-state index contributed by atoms with van der Waals surface area (Å²) in [6.45, 7) is 8.81. The number of ether oxygens (including phenoxy) is 2. The Kier molecular flexibility index (Phi) is 11.0. The number of amides is 3. The lowest BCUT2D eigenvalue weighted by atomic mass is 9.95. The molecule has 0 aliphatic heterocycles. The zero-order valence-electron chi connectivity index (χ0n) is 23.7. The summed E-state index contributed by atoms with van der Waals surface area (Å²) in [5.41, 5.74) is -0.267. The minimum Gasteiger partial charge on any atom is -0.444 e. The van der Waals surface area contributed by atoms with Crippen LogP contribution in [0.3, 0.4) is 0 Å². The molecule has 12 nitrogen and oxygen atoms in total. The number of allylic oxidation sites excluding steroid dienone is 2. The third-order valence-corrected chi connectivity index (χ3v) is 6.76. The van der Waals surface area contributed by atoms with Crippen LogP contribution in [0.15, 0.2) is 60.0 Å². The molecule has 2 aromatic rings. The van der Waals surface area contributed by atoms with E-state index in [9.17, 15) is 22.8 Å². The predicted molar refractivity (Wildman–Crippen MR) is 159 cm³/mol. The Balaban J connectivity index is 1.76. The van der Waals surface area contributed by atoms with E-state index in [4.69, 9.17) is 21.1 Å². The molecule has 0 radical (unpaired) electrons. The van der Waals surface area contributed by atoms with Crippen molar-refractivity contribution in [2.24, 2.45) is 5.92 Å². The smallest absolute Gasteiger partial charge is 0.407 e. The first kappa shape index (κ1) is 32.4. The number of anilines is 2. The van der Waals surface area contributed by atoms with Crippen LogP contribution in [-0.2, 0) is 24.6 Å². The van der Waals surface area contributed by atoms with E-state index in [1.165, 1.54) is 42.7 Å². The number of aromatic nitrogens is 2. The molecule has 2 atom stereocenters. The summed E-state index contributed by atoms with van der Waals surface area (Å²) in [5, 5.41) is 8.26. The van der Waals surface area contributed by atoms with Gasteiger partial charge in [0.25, 0.3) is 11.8 Å². The first-order valence-electron chi connectivity index (χ1n) is 12.9. The first-order chi connectivity index (χ1) is 19.7. The van der Waals surface area contributed by atoms with Gasteiger partial charge in [0.1, 0.15) is 22.4 Å². The second-order valence-corrected chi connectivity index (χ2v) is 11.8. The Morgan fingerprint density at radius 1 is 1.07 bits per heavy atom. The maximum absolute atomic E-state index is 13.5. The van der Waals surface area contributed by atoms with E-state index in [1.807, 2.05) is 0 Å². The number of carbonyl (C=O) groups is 3. The number of carbonyl (C=O) groups excluding carboxylic acids is 3. The van der Waals surface area contributed by atoms with Gasteiger partial charge in [-0.25, -0.2) is 14.8 Å². The van der Waals surface area contributed by atoms with Gasteiger partial charge in [0, 0.05) is 18.9 Å². The minimum atomic E-state index is -2.70. The zero-order valence-corrected chi connectivity index (χ0v) is 25.3. The Morgan fingerprint density at radius 3 is 2.45 bits per heavy atom. The highest BCUT2D eigenvalue weighted by Gasteiger charge is 2.32. The second kappa shape index (κ2) is 14.2. The van der Waals surface area contributed by atoms with Gasteiger partial charge in [0.2, 0.25) is 10.3 Å². The van der Waals surface area contributed by atoms with Crippen molar-refractivity contribution < 1.29 is 32.3 Å². The van der Waals surface area contributed by atoms with Crippen molar-refractivity contribution in [3.05, 3.63) is 70.7 Å². The van der Waals surface area contributed by atoms with Gasteiger partial charge in [0.15, 0.2) is 5.69 Å². The third kappa shape index (κ3) is 9.23. The average molecular weight is 618 g/mol. The van der Waals surface area contributed by atoms with Gasteiger partial charge in [0.05, 0.1) is 22.9 Å². The summed E-state index contributed by atoms with van der Waals surface area (Å²) in [6.07, 6.45) is 3.88. The number of nitrogens with one attached hydrogen (secondary N) is 3. The van der Waals surface area contributed by atoms with Crippen LogP contribution in [0.5, 0.6) is 0 Å². The Labute approximate surface area is 250 Å². The van der Waals surface area contributed by atoms with Crippen molar-refractivity contribution in [2.45, 2.75) is 46.3 Å². The molecule has 0 bridgehead atoms. The molecule has 2 unspecified atom stereocenters. The minimum absolute atomic E-state index is 0.00156. The maximum atomic E-state index is 13.5. The second-order valence-electron chi connectivity index (χ2n) is 10.4. The highest BCUT2D eigenvalue weighted by molar-refractivity contribution is 7.73. The van der Waals surface area contributed by atoms with Crippen LogP contribution < -0.4 is 16.0 Å². The molecule has 0 aromatic carbocycles. The fraction of sp³-hybridized carbons (Fsp3) is 0.357. The van der Waals surface area contributed by atoms with Crippen molar-refractivity contribution in [1.82, 2.24) is 15.3 Å². The van der Waals surface area contributed by atoms with Gasteiger partial charge >= 0.3 is 6.09 Å². The lowest BCUT2D eigenvalue weighted by molar-refractivity contribution is -0.113. The van der Waals surface area contributed by atoms with Gasteiger partial charge < -0.3 is 25.4 Å². The summed E-state index contributed by atoms with van der Waals surface area (Å²) >= 11 is 5.84. The fourth-order valence-electron chi connectivity index (χ4n) is 3.71. The van der Waals surface area contributed by atoms with Crippen molar-refractivity contribution in [1.29, 1.82) is 0 Å². The topological polar surface area (TPSA) is 166 Å². The molecule has 0 saturated carbocycles. The Bertz CT molecular complexity index is 1540. The monoisotopic (exact) mass is 617 g/mol. The highest BCUT2D eigenvalue weighted by atomic mass is 35.5. The molecule has 0 saturated heterocycles. The number of halogens is 1. The van der Waals surface area contributed by atoms with Crippen molar-refractivity contribution >= 4 is 56.2 Å². The van der Waals surface area contributed by atoms with Crippen molar-refractivity contribution in [2.75, 3.05) is 23.8 Å². The van der Waals surface area contributed by atoms with Gasteiger partial charge in [-0.2, -0.15) is 8.42 Å². The van der Waals surface area contributed by atoms with Crippen LogP contribution in [0.4, 0.5) is 16.3 Å². The molecule has 0 spiro atoms. The predicted octanol–water partition coefficient (Wildman–Crippen LogP) is 3.80. The Morgan fingerprint density at radius 2 is 1.81 bits per heavy atom. The molecular weight excluding hydrogens is 586 g/mol. The molecule has 3 N–H and O–H groups in total. The summed E-state index contributed by atoms with van der Waals surface area (Å²) in [4.78, 5) is 46.4. The molecule has 1 aliphatic carbocycles. The number of nitrogens with zero attached hydrogens (tertiary/aromatic N) is 2. The van der Waals surface area contributed by atoms with Crippen LogP contribution in [0.2, 0.25) is 5.02 Å². The van der Waals surface area contributed by atoms with E-state index in [2.05, 4.69) is 25.9 Å². The van der Waals surface area contributed by atoms with Gasteiger partial charge in [-0.15, -0.1) is 0 Å². The van der Waals surface area contributed by atoms with Crippen molar-refractivity contribution in [3.63, 3.8) is 0 Å². The average Bonchev–Trinajstić information content (AvgIpc) is 2.91. The molecule has 3 amide bonds. The SMILES string of the molecule is CC1=CC=C(C(=O)Nc2cccnc2C(=O)Nc2ccc(Cl)cn2)C(OCC(C)CNC(=O)OC(C)(C)C)C1=S(=O)=O. The van der Waals surface area contributed by atoms with E-state index < -0.39 is 39.9 Å². The summed E-state index contributed by atoms with van der Waals surface area (Å²) in [7, 11) is -2.70. The maximum Gasteiger partial charge on any atom is 0.407 e. The molecule has 1 aliphatic rings. The number of alkyl carbamates (subject to hydrolysis) is 1. The van der Waals surface area contributed by atoms with E-state index in [1.54, 1.807) is 40.7 Å². The molecule has 2 aromatic heterocycles. The largest absolute Gasteiger partial charge is 0.444 e. The van der Waals surface area contributed by atoms with Crippen LogP contribution in [0.1, 0.15) is 45.1 Å². The van der Waals surface area contributed by atoms with Crippen LogP contribution in [0.25, 0.3) is 0 Å². The molecule has 0 fully saturated rings. The van der Waals surface area contributed by atoms with Gasteiger partial charge in [-0.1, -0.05) is 30.7 Å². The Hall–Kier alpha value is -4.07. The fourth-order valence-corrected chi connectivity index (χ4v) is 4.52. The molecule has 3 rings (SSSR count). The van der Waals surface area contributed by atoms with E-state index in [0.29, 0.717) is 10.6 Å². The summed E-state index contributed by atoms with van der Waals surface area (Å²) < 4.78 is 35.5. The third-order valence-electron chi connectivity index (χ3n) is 5.65. The number of pyridine rings is 2. The van der Waals surface area contributed by atoms with Crippen LogP contribution in [0, 0.1) is 5.92 Å². The summed E-state index contributed by atoms with van der Waals surface area (Å²) in [6, 6.07) is 6.08. The number of rotatable bonds is 9. The normalized spacial score (nSPS) is 15.6. The first-order valence-corrected chi connectivity index (χ1v) is 14.3. The number of hydrogen-bond donors (Lipinski definition) is 3. The van der Waals surface area contributed by atoms with Gasteiger partial charge in [-0.05, 0) is 63.5 Å². The van der Waals surface area contributed by atoms with E-state index in [0.717, 1.165) is 0 Å². The molecule has 14 heteroatoms. The van der Waals surface area contributed by atoms with E-state index >= 15 is 0 Å². The van der Waals surface area contributed by atoms with E-state index in [-0.39, 0.29) is 46.7 Å². The molecular formula is C28H32ClN5O7S. The lowest BCUT2D eigenvalue weighted by Gasteiger charge is -2.26. The molecule has 224 valence electrons. The lowest BCUT2D eigenvalue weighted by Crippen LogP contribution is -2.39. The standard InChI is InChI=1S/C28H32ClN5O7S/c1-16(13-32-27(37)41-28(3,4)5)15-40-23-19(10-8-17(2)24(23)42(38)39)25(35)33-20-7-6-12-30-22(20)26(36)34-21-11-9-18(29)14-31-21/h6-12,14,16,23H,13,15H2,1-5H3,(H,32,37)(H,33,35)(H,31,34,36). The number of hydrogen-bond acceptors (Lipinski definition) is 9. The summed E-state index contributed by atoms with van der Waals surface area (Å²) in [5.74, 6) is -1.37. The highest BCUT2D eigenvalue weighted by Crippen LogP contribution is 2.23. The molecule has 2 heterocycles.